The van der Waals surface area contributed by atoms with Crippen LogP contribution in [0.1, 0.15) is 23.7 Å². The van der Waals surface area contributed by atoms with E-state index in [1.165, 1.54) is 5.56 Å². The van der Waals surface area contributed by atoms with Crippen molar-refractivity contribution in [3.8, 4) is 11.8 Å². The predicted octanol–water partition coefficient (Wildman–Crippen LogP) is 2.82. The molecule has 1 unspecified atom stereocenters. The standard InChI is InChI=1S/C17H19N3O/c1-13-3-5-17(6-4-13)21-12-14(2)20-11-15-7-8-19-16(9-15)10-18/h3-9,14,20H,11-12H2,1-2H3. The lowest BCUT2D eigenvalue weighted by molar-refractivity contribution is 0.272. The molecule has 0 aliphatic carbocycles. The minimum atomic E-state index is 0.213. The first kappa shape index (κ1) is 15.0. The van der Waals surface area contributed by atoms with Gasteiger partial charge in [0.2, 0.25) is 0 Å². The molecule has 0 amide bonds. The Bertz CT molecular complexity index is 617. The predicted molar refractivity (Wildman–Crippen MR) is 81.9 cm³/mol. The topological polar surface area (TPSA) is 57.9 Å². The molecule has 0 aliphatic heterocycles. The molecule has 0 radical (unpaired) electrons. The van der Waals surface area contributed by atoms with Crippen molar-refractivity contribution >= 4 is 0 Å². The van der Waals surface area contributed by atoms with E-state index < -0.39 is 0 Å². The fourth-order valence-electron chi connectivity index (χ4n) is 1.85. The largest absolute Gasteiger partial charge is 0.492 e. The molecule has 21 heavy (non-hydrogen) atoms. The summed E-state index contributed by atoms with van der Waals surface area (Å²) in [6.45, 7) is 5.41. The van der Waals surface area contributed by atoms with Gasteiger partial charge in [0.25, 0.3) is 0 Å². The van der Waals surface area contributed by atoms with E-state index >= 15 is 0 Å². The summed E-state index contributed by atoms with van der Waals surface area (Å²) in [6, 6.07) is 14.0. The van der Waals surface area contributed by atoms with E-state index in [1.807, 2.05) is 36.4 Å². The summed E-state index contributed by atoms with van der Waals surface area (Å²) >= 11 is 0. The molecule has 1 heterocycles. The Balaban J connectivity index is 1.78. The van der Waals surface area contributed by atoms with Crippen molar-refractivity contribution in [3.63, 3.8) is 0 Å². The second kappa shape index (κ2) is 7.41. The Morgan fingerprint density at radius 3 is 2.76 bits per heavy atom. The smallest absolute Gasteiger partial charge is 0.140 e. The highest BCUT2D eigenvalue weighted by Gasteiger charge is 2.04. The number of nitrogens with one attached hydrogen (secondary N) is 1. The number of benzene rings is 1. The Labute approximate surface area is 125 Å². The summed E-state index contributed by atoms with van der Waals surface area (Å²) in [5.41, 5.74) is 2.71. The molecular formula is C17H19N3O. The second-order valence-electron chi connectivity index (χ2n) is 5.07. The van der Waals surface area contributed by atoms with Gasteiger partial charge in [-0.25, -0.2) is 4.98 Å². The number of aryl methyl sites for hydroxylation is 1. The molecule has 1 aromatic heterocycles. The van der Waals surface area contributed by atoms with Crippen molar-refractivity contribution in [2.45, 2.75) is 26.4 Å². The van der Waals surface area contributed by atoms with Crippen molar-refractivity contribution in [3.05, 3.63) is 59.4 Å². The van der Waals surface area contributed by atoms with Gasteiger partial charge in [-0.1, -0.05) is 17.7 Å². The van der Waals surface area contributed by atoms with Crippen molar-refractivity contribution in [1.29, 1.82) is 5.26 Å². The van der Waals surface area contributed by atoms with Crippen LogP contribution < -0.4 is 10.1 Å². The fraction of sp³-hybridized carbons (Fsp3) is 0.294. The molecule has 0 aliphatic rings. The van der Waals surface area contributed by atoms with Gasteiger partial charge in [0.1, 0.15) is 24.1 Å². The SMILES string of the molecule is Cc1ccc(OCC(C)NCc2ccnc(C#N)c2)cc1. The summed E-state index contributed by atoms with van der Waals surface area (Å²) in [5, 5.41) is 12.2. The van der Waals surface area contributed by atoms with Gasteiger partial charge in [-0.05, 0) is 43.7 Å². The Morgan fingerprint density at radius 1 is 1.29 bits per heavy atom. The maximum Gasteiger partial charge on any atom is 0.140 e. The average Bonchev–Trinajstić information content (AvgIpc) is 2.52. The van der Waals surface area contributed by atoms with Crippen LogP contribution in [0, 0.1) is 18.3 Å². The number of pyridine rings is 1. The molecule has 0 bridgehead atoms. The van der Waals surface area contributed by atoms with Gasteiger partial charge in [-0.2, -0.15) is 5.26 Å². The maximum absolute atomic E-state index is 8.82. The van der Waals surface area contributed by atoms with E-state index in [4.69, 9.17) is 10.00 Å². The first-order valence-corrected chi connectivity index (χ1v) is 6.95. The Hall–Kier alpha value is -2.38. The third-order valence-corrected chi connectivity index (χ3v) is 3.11. The van der Waals surface area contributed by atoms with E-state index in [1.54, 1.807) is 12.3 Å². The normalized spacial score (nSPS) is 11.7. The fourth-order valence-corrected chi connectivity index (χ4v) is 1.85. The van der Waals surface area contributed by atoms with Crippen molar-refractivity contribution in [1.82, 2.24) is 10.3 Å². The Kier molecular flexibility index (Phi) is 5.30. The molecule has 2 aromatic rings. The van der Waals surface area contributed by atoms with Gasteiger partial charge in [0, 0.05) is 18.8 Å². The van der Waals surface area contributed by atoms with Crippen LogP contribution in [0.15, 0.2) is 42.6 Å². The Morgan fingerprint density at radius 2 is 2.05 bits per heavy atom. The summed E-state index contributed by atoms with van der Waals surface area (Å²) in [7, 11) is 0. The molecule has 108 valence electrons. The minimum Gasteiger partial charge on any atom is -0.492 e. The first-order chi connectivity index (χ1) is 10.2. The summed E-state index contributed by atoms with van der Waals surface area (Å²) in [5.74, 6) is 0.880. The molecule has 0 fully saturated rings. The lowest BCUT2D eigenvalue weighted by atomic mass is 10.2. The van der Waals surface area contributed by atoms with Crippen LogP contribution in [0.25, 0.3) is 0 Å². The summed E-state index contributed by atoms with van der Waals surface area (Å²) < 4.78 is 5.73. The van der Waals surface area contributed by atoms with E-state index in [0.29, 0.717) is 18.8 Å². The molecule has 1 aromatic carbocycles. The molecule has 4 nitrogen and oxygen atoms in total. The van der Waals surface area contributed by atoms with Gasteiger partial charge < -0.3 is 10.1 Å². The molecule has 0 saturated heterocycles. The zero-order valence-electron chi connectivity index (χ0n) is 12.3. The van der Waals surface area contributed by atoms with E-state index in [9.17, 15) is 0 Å². The van der Waals surface area contributed by atoms with Crippen LogP contribution in [0.2, 0.25) is 0 Å². The number of nitrogens with zero attached hydrogens (tertiary/aromatic N) is 2. The van der Waals surface area contributed by atoms with E-state index in [0.717, 1.165) is 11.3 Å². The molecular weight excluding hydrogens is 262 g/mol. The van der Waals surface area contributed by atoms with E-state index in [-0.39, 0.29) is 6.04 Å². The van der Waals surface area contributed by atoms with Crippen LogP contribution in [-0.2, 0) is 6.54 Å². The van der Waals surface area contributed by atoms with Crippen LogP contribution >= 0.6 is 0 Å². The molecule has 4 heteroatoms. The number of aromatic nitrogens is 1. The lowest BCUT2D eigenvalue weighted by Crippen LogP contribution is -2.31. The van der Waals surface area contributed by atoms with Crippen LogP contribution in [0.4, 0.5) is 0 Å². The van der Waals surface area contributed by atoms with Gasteiger partial charge in [-0.15, -0.1) is 0 Å². The first-order valence-electron chi connectivity index (χ1n) is 6.95. The third-order valence-electron chi connectivity index (χ3n) is 3.11. The van der Waals surface area contributed by atoms with Crippen LogP contribution in [0.5, 0.6) is 5.75 Å². The van der Waals surface area contributed by atoms with Gasteiger partial charge in [-0.3, -0.25) is 0 Å². The second-order valence-corrected chi connectivity index (χ2v) is 5.07. The van der Waals surface area contributed by atoms with Crippen LogP contribution in [0.3, 0.4) is 0 Å². The zero-order valence-corrected chi connectivity index (χ0v) is 12.3. The van der Waals surface area contributed by atoms with E-state index in [2.05, 4.69) is 24.1 Å². The van der Waals surface area contributed by atoms with Gasteiger partial charge in [0.15, 0.2) is 0 Å². The number of hydrogen-bond acceptors (Lipinski definition) is 4. The molecule has 0 saturated carbocycles. The number of nitriles is 1. The maximum atomic E-state index is 8.82. The third kappa shape index (κ3) is 4.90. The molecule has 0 spiro atoms. The van der Waals surface area contributed by atoms with Gasteiger partial charge >= 0.3 is 0 Å². The van der Waals surface area contributed by atoms with Crippen molar-refractivity contribution in [2.24, 2.45) is 0 Å². The number of ether oxygens (including phenoxy) is 1. The number of rotatable bonds is 6. The highest BCUT2D eigenvalue weighted by Crippen LogP contribution is 2.11. The van der Waals surface area contributed by atoms with Crippen LogP contribution in [-0.4, -0.2) is 17.6 Å². The lowest BCUT2D eigenvalue weighted by Gasteiger charge is -2.15. The molecule has 2 rings (SSSR count). The summed E-state index contributed by atoms with van der Waals surface area (Å²) in [6.07, 6.45) is 1.66. The highest BCUT2D eigenvalue weighted by molar-refractivity contribution is 5.26. The number of hydrogen-bond donors (Lipinski definition) is 1. The highest BCUT2D eigenvalue weighted by atomic mass is 16.5. The van der Waals surface area contributed by atoms with Gasteiger partial charge in [0.05, 0.1) is 0 Å². The monoisotopic (exact) mass is 281 g/mol. The summed E-state index contributed by atoms with van der Waals surface area (Å²) in [4.78, 5) is 3.95. The minimum absolute atomic E-state index is 0.213. The molecule has 1 N–H and O–H groups in total. The zero-order chi connectivity index (χ0) is 15.1. The molecule has 1 atom stereocenters. The van der Waals surface area contributed by atoms with Crippen molar-refractivity contribution in [2.75, 3.05) is 6.61 Å². The quantitative estimate of drug-likeness (QED) is 0.884. The van der Waals surface area contributed by atoms with Crippen molar-refractivity contribution < 1.29 is 4.74 Å². The average molecular weight is 281 g/mol.